The van der Waals surface area contributed by atoms with Crippen molar-refractivity contribution in [2.45, 2.75) is 37.1 Å². The zero-order chi connectivity index (χ0) is 16.3. The number of aromatic nitrogens is 3. The summed E-state index contributed by atoms with van der Waals surface area (Å²) in [6.45, 7) is 6.13. The number of methoxy groups -OCH3 is 1. The van der Waals surface area contributed by atoms with E-state index in [1.807, 2.05) is 32.9 Å². The Hall–Kier alpha value is -2.02. The Morgan fingerprint density at radius 2 is 1.91 bits per heavy atom. The molecule has 0 unspecified atom stereocenters. The summed E-state index contributed by atoms with van der Waals surface area (Å²) in [6.07, 6.45) is 0. The van der Waals surface area contributed by atoms with Crippen LogP contribution in [-0.4, -0.2) is 28.0 Å². The molecule has 0 bridgehead atoms. The summed E-state index contributed by atoms with van der Waals surface area (Å²) in [4.78, 5) is 11.4. The fraction of sp³-hybridized carbons (Fsp3) is 0.400. The molecular weight excluding hydrogens is 300 g/mol. The lowest BCUT2D eigenvalue weighted by Gasteiger charge is -2.16. The maximum absolute atomic E-state index is 11.4. The molecule has 2 rings (SSSR count). The van der Waals surface area contributed by atoms with Crippen LogP contribution >= 0.6 is 11.8 Å². The summed E-state index contributed by atoms with van der Waals surface area (Å²) in [6, 6.07) is 7.27. The zero-order valence-electron chi connectivity index (χ0n) is 13.2. The van der Waals surface area contributed by atoms with Crippen molar-refractivity contribution in [3.05, 3.63) is 41.2 Å². The molecule has 0 aliphatic carbocycles. The lowest BCUT2D eigenvalue weighted by molar-refractivity contribution is 0.0600. The minimum absolute atomic E-state index is 0.150. The van der Waals surface area contributed by atoms with E-state index >= 15 is 0 Å². The first-order valence-electron chi connectivity index (χ1n) is 6.84. The normalized spacial score (nSPS) is 11.5. The summed E-state index contributed by atoms with van der Waals surface area (Å²) in [5, 5.41) is 8.96. The number of nitrogen functional groups attached to an aromatic ring is 1. The molecule has 0 amide bonds. The summed E-state index contributed by atoms with van der Waals surface area (Å²) < 4.78 is 6.21. The molecule has 22 heavy (non-hydrogen) atoms. The maximum atomic E-state index is 11.4. The van der Waals surface area contributed by atoms with Gasteiger partial charge in [0.1, 0.15) is 0 Å². The third kappa shape index (κ3) is 3.59. The predicted molar refractivity (Wildman–Crippen MR) is 86.2 cm³/mol. The van der Waals surface area contributed by atoms with E-state index in [1.165, 1.54) is 23.5 Å². The van der Waals surface area contributed by atoms with E-state index in [2.05, 4.69) is 14.9 Å². The monoisotopic (exact) mass is 320 g/mol. The molecule has 118 valence electrons. The molecule has 0 atom stereocenters. The first kappa shape index (κ1) is 16.4. The number of rotatable bonds is 4. The highest BCUT2D eigenvalue weighted by molar-refractivity contribution is 7.98. The topological polar surface area (TPSA) is 83.0 Å². The van der Waals surface area contributed by atoms with Gasteiger partial charge in [0.05, 0.1) is 12.7 Å². The van der Waals surface area contributed by atoms with Gasteiger partial charge in [-0.3, -0.25) is 0 Å². The average Bonchev–Trinajstić information content (AvgIpc) is 2.86. The Morgan fingerprint density at radius 3 is 2.41 bits per heavy atom. The molecule has 0 spiro atoms. The zero-order valence-corrected chi connectivity index (χ0v) is 14.0. The highest BCUT2D eigenvalue weighted by atomic mass is 32.2. The third-order valence-electron chi connectivity index (χ3n) is 3.08. The van der Waals surface area contributed by atoms with Crippen LogP contribution in [0.5, 0.6) is 0 Å². The van der Waals surface area contributed by atoms with Crippen molar-refractivity contribution < 1.29 is 9.53 Å². The first-order chi connectivity index (χ1) is 10.3. The Balaban J connectivity index is 2.05. The van der Waals surface area contributed by atoms with Crippen molar-refractivity contribution in [1.82, 2.24) is 14.9 Å². The SMILES string of the molecule is COC(=O)c1ccc(CSc2nnc(C(C)(C)C)n2N)cc1. The van der Waals surface area contributed by atoms with Gasteiger partial charge in [0.25, 0.3) is 0 Å². The molecule has 0 radical (unpaired) electrons. The molecule has 1 aromatic carbocycles. The Kier molecular flexibility index (Phi) is 4.75. The minimum Gasteiger partial charge on any atom is -0.465 e. The number of carbonyl (C=O) groups is 1. The number of nitrogens with zero attached hydrogens (tertiary/aromatic N) is 3. The van der Waals surface area contributed by atoms with E-state index < -0.39 is 0 Å². The van der Waals surface area contributed by atoms with Gasteiger partial charge in [0, 0.05) is 11.2 Å². The van der Waals surface area contributed by atoms with Crippen molar-refractivity contribution in [3.63, 3.8) is 0 Å². The van der Waals surface area contributed by atoms with Crippen LogP contribution in [0.25, 0.3) is 0 Å². The molecule has 0 saturated heterocycles. The standard InChI is InChI=1S/C15H20N4O2S/c1-15(2,3)13-17-18-14(19(13)16)22-9-10-5-7-11(8-6-10)12(20)21-4/h5-8H,9,16H2,1-4H3. The van der Waals surface area contributed by atoms with Gasteiger partial charge in [-0.05, 0) is 17.7 Å². The molecule has 0 fully saturated rings. The molecule has 0 aliphatic rings. The number of nitrogens with two attached hydrogens (primary N) is 1. The number of esters is 1. The number of benzene rings is 1. The average molecular weight is 320 g/mol. The summed E-state index contributed by atoms with van der Waals surface area (Å²) >= 11 is 1.51. The quantitative estimate of drug-likeness (QED) is 0.529. The number of hydrogen-bond donors (Lipinski definition) is 1. The van der Waals surface area contributed by atoms with E-state index in [1.54, 1.807) is 12.1 Å². The summed E-state index contributed by atoms with van der Waals surface area (Å²) in [5.41, 5.74) is 1.45. The largest absolute Gasteiger partial charge is 0.465 e. The second-order valence-electron chi connectivity index (χ2n) is 5.90. The van der Waals surface area contributed by atoms with Gasteiger partial charge in [-0.15, -0.1) is 10.2 Å². The lowest BCUT2D eigenvalue weighted by Crippen LogP contribution is -2.24. The van der Waals surface area contributed by atoms with Crippen molar-refractivity contribution in [1.29, 1.82) is 0 Å². The number of hydrogen-bond acceptors (Lipinski definition) is 6. The fourth-order valence-electron chi connectivity index (χ4n) is 1.89. The van der Waals surface area contributed by atoms with Gasteiger partial charge >= 0.3 is 5.97 Å². The van der Waals surface area contributed by atoms with Crippen molar-refractivity contribution >= 4 is 17.7 Å². The molecular formula is C15H20N4O2S. The van der Waals surface area contributed by atoms with Gasteiger partial charge in [0.2, 0.25) is 5.16 Å². The van der Waals surface area contributed by atoms with Crippen LogP contribution in [0, 0.1) is 0 Å². The van der Waals surface area contributed by atoms with E-state index in [9.17, 15) is 4.79 Å². The summed E-state index contributed by atoms with van der Waals surface area (Å²) in [7, 11) is 1.37. The second-order valence-corrected chi connectivity index (χ2v) is 6.85. The number of thioether (sulfide) groups is 1. The molecule has 6 nitrogen and oxygen atoms in total. The highest BCUT2D eigenvalue weighted by Crippen LogP contribution is 2.25. The van der Waals surface area contributed by atoms with Crippen LogP contribution in [0.4, 0.5) is 0 Å². The predicted octanol–water partition coefficient (Wildman–Crippen LogP) is 2.37. The third-order valence-corrected chi connectivity index (χ3v) is 4.09. The fourth-order valence-corrected chi connectivity index (χ4v) is 2.70. The van der Waals surface area contributed by atoms with Crippen LogP contribution < -0.4 is 5.84 Å². The van der Waals surface area contributed by atoms with Gasteiger partial charge in [-0.2, -0.15) is 0 Å². The summed E-state index contributed by atoms with van der Waals surface area (Å²) in [5.74, 6) is 7.15. The van der Waals surface area contributed by atoms with E-state index in [0.717, 1.165) is 11.4 Å². The number of carbonyl (C=O) groups excluding carboxylic acids is 1. The van der Waals surface area contributed by atoms with E-state index in [-0.39, 0.29) is 11.4 Å². The van der Waals surface area contributed by atoms with Crippen LogP contribution in [0.15, 0.2) is 29.4 Å². The maximum Gasteiger partial charge on any atom is 0.337 e. The van der Waals surface area contributed by atoms with Crippen LogP contribution in [-0.2, 0) is 15.9 Å². The number of ether oxygens (including phenoxy) is 1. The van der Waals surface area contributed by atoms with Crippen molar-refractivity contribution in [2.24, 2.45) is 0 Å². The minimum atomic E-state index is -0.337. The molecule has 1 aromatic heterocycles. The van der Waals surface area contributed by atoms with Gasteiger partial charge < -0.3 is 10.6 Å². The Morgan fingerprint density at radius 1 is 1.27 bits per heavy atom. The van der Waals surface area contributed by atoms with Gasteiger partial charge in [-0.1, -0.05) is 44.7 Å². The smallest absolute Gasteiger partial charge is 0.337 e. The molecule has 0 saturated carbocycles. The highest BCUT2D eigenvalue weighted by Gasteiger charge is 2.22. The van der Waals surface area contributed by atoms with E-state index in [0.29, 0.717) is 16.5 Å². The molecule has 2 N–H and O–H groups in total. The van der Waals surface area contributed by atoms with Gasteiger partial charge in [-0.25, -0.2) is 9.47 Å². The first-order valence-corrected chi connectivity index (χ1v) is 7.82. The van der Waals surface area contributed by atoms with Crippen molar-refractivity contribution in [2.75, 3.05) is 13.0 Å². The molecule has 0 aliphatic heterocycles. The molecule has 7 heteroatoms. The Bertz CT molecular complexity index is 659. The molecule has 1 heterocycles. The van der Waals surface area contributed by atoms with Crippen LogP contribution in [0.1, 0.15) is 42.5 Å². The second kappa shape index (κ2) is 6.39. The van der Waals surface area contributed by atoms with Crippen LogP contribution in [0.3, 0.4) is 0 Å². The molecule has 2 aromatic rings. The Labute approximate surface area is 134 Å². The lowest BCUT2D eigenvalue weighted by atomic mass is 9.96. The van der Waals surface area contributed by atoms with Crippen LogP contribution in [0.2, 0.25) is 0 Å². The van der Waals surface area contributed by atoms with E-state index in [4.69, 9.17) is 5.84 Å². The van der Waals surface area contributed by atoms with Crippen molar-refractivity contribution in [3.8, 4) is 0 Å². The van der Waals surface area contributed by atoms with Gasteiger partial charge in [0.15, 0.2) is 5.82 Å².